The van der Waals surface area contributed by atoms with Gasteiger partial charge in [0.05, 0.1) is 5.56 Å². The SMILES string of the molecule is O=C(O)c1cc(O)c(O)c(O)c1[C@H]1Cc2c(O)cc(O)cc2O[C@H]1c1ccc(O)cc1. The predicted octanol–water partition coefficient (Wildman–Crippen LogP) is 3.08. The molecule has 0 spiro atoms. The third kappa shape index (κ3) is 3.35. The van der Waals surface area contributed by atoms with Gasteiger partial charge in [-0.3, -0.25) is 0 Å². The van der Waals surface area contributed by atoms with Crippen LogP contribution in [0.1, 0.15) is 39.1 Å². The molecule has 0 bridgehead atoms. The van der Waals surface area contributed by atoms with Crippen LogP contribution < -0.4 is 4.74 Å². The number of aromatic hydroxyl groups is 6. The molecule has 9 nitrogen and oxygen atoms in total. The Kier molecular flexibility index (Phi) is 4.65. The van der Waals surface area contributed by atoms with E-state index in [0.29, 0.717) is 5.56 Å². The molecule has 3 aromatic rings. The van der Waals surface area contributed by atoms with Crippen LogP contribution in [0.3, 0.4) is 0 Å². The highest BCUT2D eigenvalue weighted by molar-refractivity contribution is 5.92. The number of rotatable bonds is 3. The second kappa shape index (κ2) is 7.21. The van der Waals surface area contributed by atoms with Crippen LogP contribution in [0.4, 0.5) is 0 Å². The van der Waals surface area contributed by atoms with E-state index in [1.807, 2.05) is 0 Å². The fraction of sp³-hybridized carbons (Fsp3) is 0.136. The molecular formula is C22H18O9. The zero-order valence-corrected chi connectivity index (χ0v) is 15.9. The Bertz CT molecular complexity index is 1180. The van der Waals surface area contributed by atoms with Crippen LogP contribution in [0.2, 0.25) is 0 Å². The maximum absolute atomic E-state index is 11.9. The summed E-state index contributed by atoms with van der Waals surface area (Å²) in [6, 6.07) is 9.11. The minimum Gasteiger partial charge on any atom is -0.508 e. The first kappa shape index (κ1) is 20.0. The number of phenolic OH excluding ortho intramolecular Hbond substituents is 6. The van der Waals surface area contributed by atoms with Gasteiger partial charge in [-0.25, -0.2) is 4.79 Å². The van der Waals surface area contributed by atoms with Gasteiger partial charge in [-0.05, 0) is 30.2 Å². The molecule has 0 aliphatic carbocycles. The number of fused-ring (bicyclic) bond motifs is 1. The van der Waals surface area contributed by atoms with Gasteiger partial charge in [0, 0.05) is 29.2 Å². The summed E-state index contributed by atoms with van der Waals surface area (Å²) in [5.41, 5.74) is 0.117. The summed E-state index contributed by atoms with van der Waals surface area (Å²) in [5.74, 6) is -5.27. The number of hydrogen-bond acceptors (Lipinski definition) is 8. The van der Waals surface area contributed by atoms with Gasteiger partial charge in [0.1, 0.15) is 29.1 Å². The Morgan fingerprint density at radius 3 is 2.16 bits per heavy atom. The summed E-state index contributed by atoms with van der Waals surface area (Å²) >= 11 is 0. The van der Waals surface area contributed by atoms with E-state index in [0.717, 1.165) is 12.1 Å². The van der Waals surface area contributed by atoms with Crippen molar-refractivity contribution in [1.29, 1.82) is 0 Å². The van der Waals surface area contributed by atoms with Crippen molar-refractivity contribution in [2.45, 2.75) is 18.4 Å². The fourth-order valence-corrected chi connectivity index (χ4v) is 3.90. The number of phenols is 6. The lowest BCUT2D eigenvalue weighted by Gasteiger charge is -2.35. The summed E-state index contributed by atoms with van der Waals surface area (Å²) in [6.45, 7) is 0. The molecule has 4 rings (SSSR count). The Hall–Kier alpha value is -4.27. The molecule has 0 saturated carbocycles. The summed E-state index contributed by atoms with van der Waals surface area (Å²) in [4.78, 5) is 11.9. The maximum Gasteiger partial charge on any atom is 0.336 e. The molecule has 0 radical (unpaired) electrons. The number of ether oxygens (including phenoxy) is 1. The summed E-state index contributed by atoms with van der Waals surface area (Å²) in [7, 11) is 0. The van der Waals surface area contributed by atoms with E-state index in [9.17, 15) is 40.5 Å². The van der Waals surface area contributed by atoms with Crippen LogP contribution in [-0.4, -0.2) is 41.7 Å². The lowest BCUT2D eigenvalue weighted by atomic mass is 9.79. The molecule has 0 unspecified atom stereocenters. The average Bonchev–Trinajstić information content (AvgIpc) is 2.71. The normalized spacial score (nSPS) is 17.5. The van der Waals surface area contributed by atoms with Gasteiger partial charge in [0.2, 0.25) is 5.75 Å². The molecule has 2 atom stereocenters. The molecule has 0 saturated heterocycles. The van der Waals surface area contributed by atoms with Crippen molar-refractivity contribution in [3.63, 3.8) is 0 Å². The minimum absolute atomic E-state index is 0.0110. The van der Waals surface area contributed by atoms with E-state index in [1.54, 1.807) is 12.1 Å². The maximum atomic E-state index is 11.9. The highest BCUT2D eigenvalue weighted by atomic mass is 16.5. The second-order valence-electron chi connectivity index (χ2n) is 7.24. The number of hydrogen-bond donors (Lipinski definition) is 7. The zero-order valence-electron chi connectivity index (χ0n) is 15.9. The van der Waals surface area contributed by atoms with E-state index >= 15 is 0 Å². The van der Waals surface area contributed by atoms with Crippen molar-refractivity contribution in [2.75, 3.05) is 0 Å². The zero-order chi connectivity index (χ0) is 22.4. The van der Waals surface area contributed by atoms with Gasteiger partial charge in [0.25, 0.3) is 0 Å². The highest BCUT2D eigenvalue weighted by Crippen LogP contribution is 2.53. The fourth-order valence-electron chi connectivity index (χ4n) is 3.90. The number of carboxylic acids is 1. The first-order valence-electron chi connectivity index (χ1n) is 9.19. The molecule has 3 aromatic carbocycles. The van der Waals surface area contributed by atoms with E-state index in [1.165, 1.54) is 18.2 Å². The molecule has 1 heterocycles. The monoisotopic (exact) mass is 426 g/mol. The van der Waals surface area contributed by atoms with E-state index < -0.39 is 40.8 Å². The van der Waals surface area contributed by atoms with Gasteiger partial charge in [-0.15, -0.1) is 0 Å². The third-order valence-corrected chi connectivity index (χ3v) is 5.33. The molecule has 160 valence electrons. The lowest BCUT2D eigenvalue weighted by molar-refractivity contribution is 0.0691. The molecule has 7 N–H and O–H groups in total. The quantitative estimate of drug-likeness (QED) is 0.311. The van der Waals surface area contributed by atoms with Gasteiger partial charge < -0.3 is 40.5 Å². The van der Waals surface area contributed by atoms with E-state index in [-0.39, 0.29) is 40.5 Å². The van der Waals surface area contributed by atoms with Gasteiger partial charge in [0.15, 0.2) is 11.5 Å². The van der Waals surface area contributed by atoms with Crippen molar-refractivity contribution in [3.05, 3.63) is 64.7 Å². The predicted molar refractivity (Wildman–Crippen MR) is 106 cm³/mol. The molecule has 9 heteroatoms. The van der Waals surface area contributed by atoms with Crippen LogP contribution in [0.25, 0.3) is 0 Å². The van der Waals surface area contributed by atoms with Crippen LogP contribution >= 0.6 is 0 Å². The lowest BCUT2D eigenvalue weighted by Crippen LogP contribution is -2.26. The van der Waals surface area contributed by atoms with Gasteiger partial charge >= 0.3 is 5.97 Å². The molecule has 1 aliphatic rings. The number of carboxylic acid groups (broad SMARTS) is 1. The Morgan fingerprint density at radius 1 is 0.839 bits per heavy atom. The second-order valence-corrected chi connectivity index (χ2v) is 7.24. The van der Waals surface area contributed by atoms with Gasteiger partial charge in [-0.2, -0.15) is 0 Å². The van der Waals surface area contributed by atoms with Crippen molar-refractivity contribution in [1.82, 2.24) is 0 Å². The molecule has 0 fully saturated rings. The summed E-state index contributed by atoms with van der Waals surface area (Å²) < 4.78 is 6.00. The molecule has 0 aromatic heterocycles. The minimum atomic E-state index is -1.45. The van der Waals surface area contributed by atoms with Crippen LogP contribution in [-0.2, 0) is 6.42 Å². The van der Waals surface area contributed by atoms with E-state index in [4.69, 9.17) is 4.74 Å². The first-order valence-corrected chi connectivity index (χ1v) is 9.19. The van der Waals surface area contributed by atoms with Crippen LogP contribution in [0, 0.1) is 0 Å². The molecule has 1 aliphatic heterocycles. The summed E-state index contributed by atoms with van der Waals surface area (Å²) in [6.07, 6.45) is -0.951. The largest absolute Gasteiger partial charge is 0.508 e. The number of benzene rings is 3. The van der Waals surface area contributed by atoms with Crippen molar-refractivity contribution < 1.29 is 45.3 Å². The van der Waals surface area contributed by atoms with Crippen LogP contribution in [0.5, 0.6) is 40.2 Å². The number of aromatic carboxylic acids is 1. The highest BCUT2D eigenvalue weighted by Gasteiger charge is 2.39. The Morgan fingerprint density at radius 2 is 1.52 bits per heavy atom. The molecular weight excluding hydrogens is 408 g/mol. The van der Waals surface area contributed by atoms with Crippen molar-refractivity contribution in [2.24, 2.45) is 0 Å². The topological polar surface area (TPSA) is 168 Å². The third-order valence-electron chi connectivity index (χ3n) is 5.33. The molecule has 0 amide bonds. The van der Waals surface area contributed by atoms with E-state index in [2.05, 4.69) is 0 Å². The Balaban J connectivity index is 1.96. The van der Waals surface area contributed by atoms with Crippen molar-refractivity contribution in [3.8, 4) is 40.2 Å². The van der Waals surface area contributed by atoms with Crippen LogP contribution in [0.15, 0.2) is 42.5 Å². The number of carbonyl (C=O) groups is 1. The Labute approximate surface area is 175 Å². The first-order chi connectivity index (χ1) is 14.7. The summed E-state index contributed by atoms with van der Waals surface area (Å²) in [5, 5.41) is 69.8. The smallest absolute Gasteiger partial charge is 0.336 e. The van der Waals surface area contributed by atoms with Crippen molar-refractivity contribution >= 4 is 5.97 Å². The molecule has 31 heavy (non-hydrogen) atoms. The van der Waals surface area contributed by atoms with Gasteiger partial charge in [-0.1, -0.05) is 12.1 Å². The standard InChI is InChI=1S/C22H18O9/c23-10-3-1-9(2-4-10)21-13(7-12-15(25)5-11(24)6-17(12)31-21)18-14(22(29)30)8-16(26)19(27)20(18)28/h1-6,8,13,21,23-28H,7H2,(H,29,30)/t13-,21+/m1/s1. The average molecular weight is 426 g/mol.